The van der Waals surface area contributed by atoms with E-state index in [4.69, 9.17) is 11.6 Å². The van der Waals surface area contributed by atoms with Crippen LogP contribution in [-0.4, -0.2) is 30.3 Å². The second kappa shape index (κ2) is 7.99. The van der Waals surface area contributed by atoms with Gasteiger partial charge in [0.15, 0.2) is 5.78 Å². The van der Waals surface area contributed by atoms with Crippen molar-refractivity contribution in [3.8, 4) is 0 Å². The van der Waals surface area contributed by atoms with Gasteiger partial charge in [-0.25, -0.2) is 0 Å². The lowest BCUT2D eigenvalue weighted by molar-refractivity contribution is 0.101. The van der Waals surface area contributed by atoms with E-state index in [1.807, 2.05) is 24.3 Å². The van der Waals surface area contributed by atoms with Gasteiger partial charge in [-0.15, -0.1) is 0 Å². The molecule has 130 valence electrons. The first-order chi connectivity index (χ1) is 12.1. The van der Waals surface area contributed by atoms with Gasteiger partial charge in [0.05, 0.1) is 0 Å². The fourth-order valence-electron chi connectivity index (χ4n) is 3.45. The molecule has 0 radical (unpaired) electrons. The molecular weight excluding hydrogens is 330 g/mol. The van der Waals surface area contributed by atoms with Gasteiger partial charge in [0.1, 0.15) is 0 Å². The Kier molecular flexibility index (Phi) is 5.72. The molecule has 0 aliphatic carbocycles. The van der Waals surface area contributed by atoms with Crippen LogP contribution in [0, 0.1) is 0 Å². The number of halogens is 1. The van der Waals surface area contributed by atoms with Crippen molar-refractivity contribution in [3.05, 3.63) is 75.8 Å². The fraction of sp³-hybridized carbons (Fsp3) is 0.318. The summed E-state index contributed by atoms with van der Waals surface area (Å²) >= 11 is 6.08. The number of likely N-dealkylation sites (tertiary alicyclic amines) is 1. The fourth-order valence-corrected chi connectivity index (χ4v) is 3.58. The van der Waals surface area contributed by atoms with E-state index in [1.54, 1.807) is 6.92 Å². The summed E-state index contributed by atoms with van der Waals surface area (Å²) in [7, 11) is 0. The van der Waals surface area contributed by atoms with Gasteiger partial charge < -0.3 is 4.90 Å². The predicted octanol–water partition coefficient (Wildman–Crippen LogP) is 5.46. The van der Waals surface area contributed by atoms with Gasteiger partial charge in [-0.3, -0.25) is 4.79 Å². The minimum absolute atomic E-state index is 0.100. The number of ketones is 1. The zero-order valence-electron chi connectivity index (χ0n) is 14.9. The molecule has 1 aliphatic rings. The van der Waals surface area contributed by atoms with Gasteiger partial charge in [-0.2, -0.15) is 0 Å². The monoisotopic (exact) mass is 353 g/mol. The van der Waals surface area contributed by atoms with Gasteiger partial charge >= 0.3 is 0 Å². The smallest absolute Gasteiger partial charge is 0.159 e. The number of hydrogen-bond donors (Lipinski definition) is 0. The first-order valence-electron chi connectivity index (χ1n) is 8.90. The number of carbonyl (C=O) groups is 1. The molecular formula is C22H24ClNO. The molecule has 3 heteroatoms. The quantitative estimate of drug-likeness (QED) is 0.680. The Bertz CT molecular complexity index is 765. The van der Waals surface area contributed by atoms with Gasteiger partial charge in [-0.05, 0) is 55.1 Å². The number of hydrogen-bond acceptors (Lipinski definition) is 2. The summed E-state index contributed by atoms with van der Waals surface area (Å²) in [5.74, 6) is 0.100. The average molecular weight is 354 g/mol. The van der Waals surface area contributed by atoms with E-state index in [2.05, 4.69) is 36.1 Å². The molecule has 0 saturated carbocycles. The lowest BCUT2D eigenvalue weighted by Crippen LogP contribution is -2.30. The third-order valence-electron chi connectivity index (χ3n) is 4.97. The summed E-state index contributed by atoms with van der Waals surface area (Å²) in [6.45, 7) is 7.14. The zero-order valence-corrected chi connectivity index (χ0v) is 15.6. The lowest BCUT2D eigenvalue weighted by atomic mass is 9.88. The molecule has 3 rings (SSSR count). The second-order valence-corrected chi connectivity index (χ2v) is 6.99. The first-order valence-corrected chi connectivity index (χ1v) is 9.28. The van der Waals surface area contributed by atoms with E-state index in [0.717, 1.165) is 43.1 Å². The van der Waals surface area contributed by atoms with Gasteiger partial charge in [-0.1, -0.05) is 60.5 Å². The van der Waals surface area contributed by atoms with Gasteiger partial charge in [0.25, 0.3) is 0 Å². The highest BCUT2D eigenvalue weighted by Gasteiger charge is 2.18. The van der Waals surface area contributed by atoms with Crippen LogP contribution in [0.3, 0.4) is 0 Å². The highest BCUT2D eigenvalue weighted by atomic mass is 35.5. The average Bonchev–Trinajstić information content (AvgIpc) is 2.64. The largest absolute Gasteiger partial charge is 0.303 e. The van der Waals surface area contributed by atoms with Crippen molar-refractivity contribution in [2.24, 2.45) is 0 Å². The molecule has 0 amide bonds. The number of nitrogens with zero attached hydrogens (tertiary/aromatic N) is 1. The molecule has 0 atom stereocenters. The summed E-state index contributed by atoms with van der Waals surface area (Å²) in [4.78, 5) is 14.1. The minimum Gasteiger partial charge on any atom is -0.303 e. The molecule has 1 saturated heterocycles. The Morgan fingerprint density at radius 3 is 1.88 bits per heavy atom. The van der Waals surface area contributed by atoms with Crippen molar-refractivity contribution in [1.29, 1.82) is 0 Å². The third kappa shape index (κ3) is 4.20. The number of rotatable bonds is 4. The zero-order chi connectivity index (χ0) is 17.8. The molecule has 0 spiro atoms. The Morgan fingerprint density at radius 1 is 0.920 bits per heavy atom. The maximum Gasteiger partial charge on any atom is 0.159 e. The Balaban J connectivity index is 2.03. The Morgan fingerprint density at radius 2 is 1.40 bits per heavy atom. The van der Waals surface area contributed by atoms with Crippen LogP contribution in [0.1, 0.15) is 48.2 Å². The maximum atomic E-state index is 11.6. The maximum absolute atomic E-state index is 11.6. The summed E-state index contributed by atoms with van der Waals surface area (Å²) in [5, 5.41) is 0.751. The number of benzene rings is 2. The van der Waals surface area contributed by atoms with Crippen molar-refractivity contribution >= 4 is 23.0 Å². The van der Waals surface area contributed by atoms with Crippen molar-refractivity contribution in [3.63, 3.8) is 0 Å². The molecule has 0 bridgehead atoms. The van der Waals surface area contributed by atoms with Crippen molar-refractivity contribution in [2.45, 2.75) is 26.7 Å². The Hall–Kier alpha value is -1.90. The van der Waals surface area contributed by atoms with E-state index in [0.29, 0.717) is 0 Å². The van der Waals surface area contributed by atoms with Crippen molar-refractivity contribution < 1.29 is 4.79 Å². The summed E-state index contributed by atoms with van der Waals surface area (Å²) in [6, 6.07) is 16.1. The predicted molar refractivity (Wildman–Crippen MR) is 105 cm³/mol. The third-order valence-corrected chi connectivity index (χ3v) is 5.23. The molecule has 0 N–H and O–H groups in total. The van der Waals surface area contributed by atoms with Crippen molar-refractivity contribution in [1.82, 2.24) is 4.90 Å². The molecule has 25 heavy (non-hydrogen) atoms. The molecule has 0 aromatic heterocycles. The second-order valence-electron chi connectivity index (χ2n) is 6.55. The van der Waals surface area contributed by atoms with Crippen LogP contribution in [0.4, 0.5) is 0 Å². The molecule has 2 aromatic carbocycles. The lowest BCUT2D eigenvalue weighted by Gasteiger charge is -2.29. The highest BCUT2D eigenvalue weighted by Crippen LogP contribution is 2.33. The van der Waals surface area contributed by atoms with Crippen molar-refractivity contribution in [2.75, 3.05) is 19.6 Å². The number of carbonyl (C=O) groups excluding carboxylic acids is 1. The summed E-state index contributed by atoms with van der Waals surface area (Å²) in [5.41, 5.74) is 5.90. The molecule has 1 heterocycles. The van der Waals surface area contributed by atoms with E-state index < -0.39 is 0 Å². The SMILES string of the molecule is CCN1CCC(=C(c2ccc(Cl)cc2)c2ccc(C(C)=O)cc2)CC1. The van der Waals surface area contributed by atoms with Crippen LogP contribution in [0.2, 0.25) is 5.02 Å². The van der Waals surface area contributed by atoms with Crippen LogP contribution >= 0.6 is 11.6 Å². The van der Waals surface area contributed by atoms with Gasteiger partial charge in [0.2, 0.25) is 0 Å². The number of Topliss-reactive ketones (excluding diaryl/α,β-unsaturated/α-hetero) is 1. The topological polar surface area (TPSA) is 20.3 Å². The summed E-state index contributed by atoms with van der Waals surface area (Å²) < 4.78 is 0. The normalized spacial score (nSPS) is 15.2. The van der Waals surface area contributed by atoms with Crippen LogP contribution in [0.25, 0.3) is 5.57 Å². The van der Waals surface area contributed by atoms with Crippen LogP contribution in [0.15, 0.2) is 54.1 Å². The van der Waals surface area contributed by atoms with E-state index >= 15 is 0 Å². The van der Waals surface area contributed by atoms with Gasteiger partial charge in [0, 0.05) is 23.7 Å². The standard InChI is InChI=1S/C22H24ClNO/c1-3-24-14-12-20(13-15-24)22(19-8-10-21(23)11-9-19)18-6-4-17(5-7-18)16(2)25/h4-11H,3,12-15H2,1-2H3. The number of piperidine rings is 1. The molecule has 1 aliphatic heterocycles. The minimum atomic E-state index is 0.100. The highest BCUT2D eigenvalue weighted by molar-refractivity contribution is 6.30. The molecule has 2 aromatic rings. The van der Waals surface area contributed by atoms with Crippen LogP contribution in [0.5, 0.6) is 0 Å². The van der Waals surface area contributed by atoms with E-state index in [-0.39, 0.29) is 5.78 Å². The van der Waals surface area contributed by atoms with Crippen LogP contribution < -0.4 is 0 Å². The molecule has 1 fully saturated rings. The van der Waals surface area contributed by atoms with E-state index in [1.165, 1.54) is 22.3 Å². The molecule has 0 unspecified atom stereocenters. The summed E-state index contributed by atoms with van der Waals surface area (Å²) in [6.07, 6.45) is 2.17. The van der Waals surface area contributed by atoms with E-state index in [9.17, 15) is 4.79 Å². The van der Waals surface area contributed by atoms with Crippen LogP contribution in [-0.2, 0) is 0 Å². The Labute approximate surface area is 155 Å². The first kappa shape index (κ1) is 17.9. The molecule has 2 nitrogen and oxygen atoms in total.